The third kappa shape index (κ3) is 2.97. The van der Waals surface area contributed by atoms with Gasteiger partial charge in [0, 0.05) is 25.3 Å². The molecule has 1 saturated heterocycles. The summed E-state index contributed by atoms with van der Waals surface area (Å²) in [5.74, 6) is -1.53. The summed E-state index contributed by atoms with van der Waals surface area (Å²) in [4.78, 5) is 27.9. The van der Waals surface area contributed by atoms with Crippen molar-refractivity contribution in [3.8, 4) is 0 Å². The van der Waals surface area contributed by atoms with Gasteiger partial charge >= 0.3 is 11.9 Å². The molecule has 1 aliphatic rings. The van der Waals surface area contributed by atoms with Crippen molar-refractivity contribution >= 4 is 17.7 Å². The van der Waals surface area contributed by atoms with Gasteiger partial charge in [-0.05, 0) is 25.0 Å². The number of carbonyl (C=O) groups excluding carboxylic acids is 1. The molecule has 0 saturated carbocycles. The number of amides is 1. The third-order valence-electron chi connectivity index (χ3n) is 2.92. The summed E-state index contributed by atoms with van der Waals surface area (Å²) in [5, 5.41) is 11.1. The van der Waals surface area contributed by atoms with Crippen molar-refractivity contribution in [1.29, 1.82) is 0 Å². The van der Waals surface area contributed by atoms with Gasteiger partial charge in [-0.15, -0.1) is 0 Å². The highest BCUT2D eigenvalue weighted by Crippen LogP contribution is 2.16. The Balaban J connectivity index is 1.97. The molecule has 2 heterocycles. The minimum Gasteiger partial charge on any atom is -0.474 e. The molecular weight excluding hydrogens is 234 g/mol. The number of anilines is 1. The van der Waals surface area contributed by atoms with Gasteiger partial charge in [0.25, 0.3) is 0 Å². The van der Waals surface area contributed by atoms with Crippen LogP contribution >= 0.6 is 0 Å². The van der Waals surface area contributed by atoms with Gasteiger partial charge < -0.3 is 15.3 Å². The van der Waals surface area contributed by atoms with E-state index in [0.717, 1.165) is 25.2 Å². The van der Waals surface area contributed by atoms with E-state index >= 15 is 0 Å². The fourth-order valence-corrected chi connectivity index (χ4v) is 2.09. The fourth-order valence-electron chi connectivity index (χ4n) is 2.09. The van der Waals surface area contributed by atoms with E-state index in [0.29, 0.717) is 6.54 Å². The van der Waals surface area contributed by atoms with Crippen molar-refractivity contribution in [1.82, 2.24) is 10.3 Å². The first-order valence-corrected chi connectivity index (χ1v) is 5.86. The largest absolute Gasteiger partial charge is 0.474 e. The highest BCUT2D eigenvalue weighted by Gasteiger charge is 2.24. The molecule has 1 unspecified atom stereocenters. The number of hydrogen-bond donors (Lipinski definition) is 2. The molecule has 1 aromatic heterocycles. The summed E-state index contributed by atoms with van der Waals surface area (Å²) in [6.45, 7) is 1.46. The lowest BCUT2D eigenvalue weighted by Gasteiger charge is -2.33. The minimum absolute atomic E-state index is 0.135. The first-order chi connectivity index (χ1) is 8.66. The predicted molar refractivity (Wildman–Crippen MR) is 65.3 cm³/mol. The number of nitrogens with zero attached hydrogens (tertiary/aromatic N) is 2. The number of rotatable bonds is 2. The van der Waals surface area contributed by atoms with Gasteiger partial charge in [-0.25, -0.2) is 9.78 Å². The molecule has 96 valence electrons. The molecule has 0 spiro atoms. The van der Waals surface area contributed by atoms with E-state index in [1.165, 1.54) is 0 Å². The van der Waals surface area contributed by atoms with Crippen LogP contribution in [0.4, 0.5) is 5.82 Å². The van der Waals surface area contributed by atoms with Crippen LogP contribution in [-0.4, -0.2) is 41.1 Å². The maximum absolute atomic E-state index is 11.1. The van der Waals surface area contributed by atoms with E-state index in [1.54, 1.807) is 6.20 Å². The quantitative estimate of drug-likeness (QED) is 0.734. The first-order valence-electron chi connectivity index (χ1n) is 5.86. The number of carboxylic acids is 1. The zero-order valence-electron chi connectivity index (χ0n) is 9.87. The molecule has 1 fully saturated rings. The van der Waals surface area contributed by atoms with Crippen molar-refractivity contribution in [2.24, 2.45) is 0 Å². The van der Waals surface area contributed by atoms with E-state index in [1.807, 2.05) is 18.2 Å². The van der Waals surface area contributed by atoms with Gasteiger partial charge in [0.05, 0.1) is 0 Å². The fraction of sp³-hybridized carbons (Fsp3) is 0.417. The first kappa shape index (κ1) is 12.3. The number of carbonyl (C=O) groups is 2. The molecule has 1 amide bonds. The lowest BCUT2D eigenvalue weighted by molar-refractivity contribution is -0.150. The lowest BCUT2D eigenvalue weighted by atomic mass is 10.1. The normalized spacial score (nSPS) is 19.3. The molecule has 6 heteroatoms. The van der Waals surface area contributed by atoms with Crippen LogP contribution in [0, 0.1) is 0 Å². The summed E-state index contributed by atoms with van der Waals surface area (Å²) < 4.78 is 0. The number of aromatic nitrogens is 1. The monoisotopic (exact) mass is 249 g/mol. The summed E-state index contributed by atoms with van der Waals surface area (Å²) in [5.41, 5.74) is 0. The highest BCUT2D eigenvalue weighted by molar-refractivity contribution is 6.31. The number of pyridine rings is 1. The molecule has 0 aliphatic carbocycles. The van der Waals surface area contributed by atoms with E-state index < -0.39 is 11.9 Å². The molecule has 0 radical (unpaired) electrons. The van der Waals surface area contributed by atoms with E-state index in [9.17, 15) is 9.59 Å². The van der Waals surface area contributed by atoms with Gasteiger partial charge in [-0.2, -0.15) is 0 Å². The average molecular weight is 249 g/mol. The third-order valence-corrected chi connectivity index (χ3v) is 2.92. The Labute approximate surface area is 105 Å². The number of carboxylic acid groups (broad SMARTS) is 1. The molecule has 1 aliphatic heterocycles. The van der Waals surface area contributed by atoms with E-state index in [2.05, 4.69) is 15.2 Å². The molecule has 6 nitrogen and oxygen atoms in total. The molecule has 1 atom stereocenters. The zero-order chi connectivity index (χ0) is 13.0. The van der Waals surface area contributed by atoms with Gasteiger partial charge in [0.2, 0.25) is 0 Å². The number of nitrogens with one attached hydrogen (secondary N) is 1. The van der Waals surface area contributed by atoms with Crippen molar-refractivity contribution in [2.75, 3.05) is 18.0 Å². The van der Waals surface area contributed by atoms with Gasteiger partial charge in [0.15, 0.2) is 0 Å². The summed E-state index contributed by atoms with van der Waals surface area (Å²) >= 11 is 0. The second kappa shape index (κ2) is 5.48. The zero-order valence-corrected chi connectivity index (χ0v) is 9.87. The van der Waals surface area contributed by atoms with Crippen molar-refractivity contribution in [3.05, 3.63) is 24.4 Å². The Kier molecular flexibility index (Phi) is 3.76. The van der Waals surface area contributed by atoms with Crippen LogP contribution in [0.1, 0.15) is 12.8 Å². The van der Waals surface area contributed by atoms with Crippen LogP contribution in [0.3, 0.4) is 0 Å². The molecule has 18 heavy (non-hydrogen) atoms. The molecule has 2 N–H and O–H groups in total. The minimum atomic E-state index is -1.44. The molecule has 0 aromatic carbocycles. The molecule has 1 aromatic rings. The Bertz CT molecular complexity index is 435. The van der Waals surface area contributed by atoms with Crippen LogP contribution in [0.25, 0.3) is 0 Å². The maximum atomic E-state index is 11.1. The Morgan fingerprint density at radius 2 is 2.28 bits per heavy atom. The van der Waals surface area contributed by atoms with Crippen LogP contribution in [0.15, 0.2) is 24.4 Å². The highest BCUT2D eigenvalue weighted by atomic mass is 16.4. The molecule has 0 bridgehead atoms. The van der Waals surface area contributed by atoms with E-state index in [-0.39, 0.29) is 6.04 Å². The number of piperidine rings is 1. The Morgan fingerprint density at radius 1 is 1.44 bits per heavy atom. The van der Waals surface area contributed by atoms with Crippen LogP contribution in [0.5, 0.6) is 0 Å². The molecule has 2 rings (SSSR count). The lowest BCUT2D eigenvalue weighted by Crippen LogP contribution is -2.49. The SMILES string of the molecule is O=C(O)C(=O)NC1CCCN(c2ccccn2)C1. The maximum Gasteiger partial charge on any atom is 0.394 e. The van der Waals surface area contributed by atoms with Crippen LogP contribution in [-0.2, 0) is 9.59 Å². The average Bonchev–Trinajstić information content (AvgIpc) is 2.40. The van der Waals surface area contributed by atoms with Crippen molar-refractivity contribution < 1.29 is 14.7 Å². The summed E-state index contributed by atoms with van der Waals surface area (Å²) in [6, 6.07) is 5.52. The second-order valence-corrected chi connectivity index (χ2v) is 4.25. The van der Waals surface area contributed by atoms with Gasteiger partial charge in [-0.3, -0.25) is 4.79 Å². The number of aliphatic carboxylic acids is 1. The molecular formula is C12H15N3O3. The number of hydrogen-bond acceptors (Lipinski definition) is 4. The van der Waals surface area contributed by atoms with Crippen LogP contribution < -0.4 is 10.2 Å². The van der Waals surface area contributed by atoms with Gasteiger partial charge in [0.1, 0.15) is 5.82 Å². The summed E-state index contributed by atoms with van der Waals surface area (Å²) in [7, 11) is 0. The van der Waals surface area contributed by atoms with Crippen molar-refractivity contribution in [3.63, 3.8) is 0 Å². The smallest absolute Gasteiger partial charge is 0.394 e. The predicted octanol–water partition coefficient (Wildman–Crippen LogP) is 0.251. The second-order valence-electron chi connectivity index (χ2n) is 4.25. The van der Waals surface area contributed by atoms with Crippen LogP contribution in [0.2, 0.25) is 0 Å². The summed E-state index contributed by atoms with van der Waals surface area (Å²) in [6.07, 6.45) is 3.41. The topological polar surface area (TPSA) is 82.5 Å². The van der Waals surface area contributed by atoms with E-state index in [4.69, 9.17) is 5.11 Å². The van der Waals surface area contributed by atoms with Crippen molar-refractivity contribution in [2.45, 2.75) is 18.9 Å². The Hall–Kier alpha value is -2.11. The standard InChI is InChI=1S/C12H15N3O3/c16-11(12(17)18)14-9-4-3-7-15(8-9)10-5-1-2-6-13-10/h1-2,5-6,9H,3-4,7-8H2,(H,14,16)(H,17,18). The Morgan fingerprint density at radius 3 is 2.94 bits per heavy atom. The van der Waals surface area contributed by atoms with Gasteiger partial charge in [-0.1, -0.05) is 6.07 Å².